The molecule has 0 saturated carbocycles. The fraction of sp³-hybridized carbons (Fsp3) is 0.464. The number of phenols is 1. The van der Waals surface area contributed by atoms with Crippen LogP contribution in [0.15, 0.2) is 51.7 Å². The van der Waals surface area contributed by atoms with Gasteiger partial charge < -0.3 is 63.8 Å². The number of rotatable bonds is 7. The molecule has 0 aliphatic carbocycles. The van der Waals surface area contributed by atoms with Gasteiger partial charge in [-0.2, -0.15) is 0 Å². The van der Waals surface area contributed by atoms with E-state index in [2.05, 4.69) is 0 Å². The lowest BCUT2D eigenvalue weighted by Gasteiger charge is -2.45. The third-order valence-corrected chi connectivity index (χ3v) is 7.33. The van der Waals surface area contributed by atoms with E-state index in [-0.39, 0.29) is 28.2 Å². The van der Waals surface area contributed by atoms with Crippen LogP contribution < -0.4 is 14.9 Å². The highest BCUT2D eigenvalue weighted by atomic mass is 16.8. The topological polar surface area (TPSA) is 218 Å². The van der Waals surface area contributed by atoms with Crippen LogP contribution in [0.3, 0.4) is 0 Å². The molecule has 14 heteroatoms. The van der Waals surface area contributed by atoms with Crippen LogP contribution in [-0.4, -0.2) is 111 Å². The molecule has 0 unspecified atom stereocenters. The molecule has 3 heterocycles. The van der Waals surface area contributed by atoms with E-state index in [4.69, 9.17) is 28.1 Å². The Morgan fingerprint density at radius 1 is 0.833 bits per heavy atom. The molecular weight excluding hydrogens is 560 g/mol. The van der Waals surface area contributed by atoms with Crippen molar-refractivity contribution in [3.8, 4) is 28.6 Å². The average molecular weight is 593 g/mol. The Hall–Kier alpha value is -3.31. The molecule has 2 fully saturated rings. The summed E-state index contributed by atoms with van der Waals surface area (Å²) in [4.78, 5) is 12.7. The maximum atomic E-state index is 12.7. The summed E-state index contributed by atoms with van der Waals surface area (Å²) in [5.74, 6) is 0.401. The predicted octanol–water partition coefficient (Wildman–Crippen LogP) is -0.795. The number of fused-ring (bicyclic) bond motifs is 1. The van der Waals surface area contributed by atoms with Gasteiger partial charge in [-0.15, -0.1) is 0 Å². The van der Waals surface area contributed by atoms with Gasteiger partial charge in [-0.05, 0) is 31.2 Å². The van der Waals surface area contributed by atoms with Gasteiger partial charge in [0, 0.05) is 23.8 Å². The number of aliphatic hydroxyl groups is 6. The van der Waals surface area contributed by atoms with E-state index < -0.39 is 73.4 Å². The first-order chi connectivity index (χ1) is 20.0. The third-order valence-electron chi connectivity index (χ3n) is 7.33. The fourth-order valence-electron chi connectivity index (χ4n) is 4.91. The number of ether oxygens (including phenoxy) is 5. The van der Waals surface area contributed by atoms with Crippen LogP contribution >= 0.6 is 0 Å². The first-order valence-electron chi connectivity index (χ1n) is 13.1. The van der Waals surface area contributed by atoms with Crippen LogP contribution in [0.5, 0.6) is 17.2 Å². The molecule has 2 saturated heterocycles. The second kappa shape index (κ2) is 12.1. The molecule has 0 amide bonds. The lowest BCUT2D eigenvalue weighted by molar-refractivity contribution is -0.354. The van der Waals surface area contributed by atoms with Gasteiger partial charge in [0.15, 0.2) is 17.8 Å². The second-order valence-corrected chi connectivity index (χ2v) is 10.1. The van der Waals surface area contributed by atoms with Crippen LogP contribution in [0.1, 0.15) is 6.92 Å². The molecule has 42 heavy (non-hydrogen) atoms. The van der Waals surface area contributed by atoms with E-state index in [1.165, 1.54) is 44.4 Å². The number of hydrogen-bond donors (Lipinski definition) is 7. The zero-order valence-electron chi connectivity index (χ0n) is 22.5. The lowest BCUT2D eigenvalue weighted by Crippen LogP contribution is -2.64. The van der Waals surface area contributed by atoms with Gasteiger partial charge in [0.2, 0.25) is 6.29 Å². The van der Waals surface area contributed by atoms with Crippen LogP contribution in [0.2, 0.25) is 0 Å². The van der Waals surface area contributed by atoms with Gasteiger partial charge in [-0.3, -0.25) is 4.79 Å². The molecule has 228 valence electrons. The monoisotopic (exact) mass is 592 g/mol. The summed E-state index contributed by atoms with van der Waals surface area (Å²) in [6.07, 6.45) is -14.6. The van der Waals surface area contributed by atoms with E-state index >= 15 is 0 Å². The Morgan fingerprint density at radius 3 is 2.21 bits per heavy atom. The minimum atomic E-state index is -1.70. The van der Waals surface area contributed by atoms with Gasteiger partial charge >= 0.3 is 0 Å². The summed E-state index contributed by atoms with van der Waals surface area (Å²) in [5, 5.41) is 71.5. The molecule has 14 nitrogen and oxygen atoms in total. The summed E-state index contributed by atoms with van der Waals surface area (Å²) in [6, 6.07) is 10.2. The first-order valence-corrected chi connectivity index (χ1v) is 13.1. The molecule has 0 bridgehead atoms. The van der Waals surface area contributed by atoms with E-state index in [1.54, 1.807) is 12.1 Å². The number of hydrogen-bond acceptors (Lipinski definition) is 14. The van der Waals surface area contributed by atoms with Gasteiger partial charge in [-0.25, -0.2) is 0 Å². The SMILES string of the molecule is COc1cc(O)c2c(=O)cc(-c3ccc(O[C@H]4O[C@@H](CO)[C@H](O)[C@@H](O)[C@@H]4O[C@H]4O[C@H](C)[C@@H](O)[C@H](O)[C@@H]4O)cc3)oc2c1. The highest BCUT2D eigenvalue weighted by molar-refractivity contribution is 5.86. The zero-order chi connectivity index (χ0) is 30.3. The molecule has 2 aromatic carbocycles. The van der Waals surface area contributed by atoms with Crippen molar-refractivity contribution < 1.29 is 63.8 Å². The highest BCUT2D eigenvalue weighted by Gasteiger charge is 2.50. The van der Waals surface area contributed by atoms with Crippen molar-refractivity contribution in [2.45, 2.75) is 68.3 Å². The first kappa shape index (κ1) is 30.2. The normalized spacial score (nSPS) is 33.4. The second-order valence-electron chi connectivity index (χ2n) is 10.1. The largest absolute Gasteiger partial charge is 0.507 e. The maximum absolute atomic E-state index is 12.7. The van der Waals surface area contributed by atoms with Gasteiger partial charge in [0.05, 0.1) is 19.8 Å². The number of benzene rings is 2. The molecule has 0 spiro atoms. The Kier molecular flexibility index (Phi) is 8.71. The molecule has 1 aromatic heterocycles. The van der Waals surface area contributed by atoms with Crippen LogP contribution in [0.25, 0.3) is 22.3 Å². The lowest BCUT2D eigenvalue weighted by atomic mass is 9.97. The van der Waals surface area contributed by atoms with Gasteiger partial charge in [-0.1, -0.05) is 0 Å². The van der Waals surface area contributed by atoms with Gasteiger partial charge in [0.1, 0.15) is 70.6 Å². The molecule has 3 aromatic rings. The summed E-state index contributed by atoms with van der Waals surface area (Å²) in [6.45, 7) is 0.794. The number of phenolic OH excluding ortho intramolecular Hbond substituents is 1. The number of methoxy groups -OCH3 is 1. The molecule has 0 radical (unpaired) electrons. The predicted molar refractivity (Wildman–Crippen MR) is 142 cm³/mol. The molecule has 7 N–H and O–H groups in total. The minimum absolute atomic E-state index is 0.00246. The Balaban J connectivity index is 1.39. The molecule has 2 aliphatic rings. The summed E-state index contributed by atoms with van der Waals surface area (Å²) in [5.41, 5.74) is 0.126. The van der Waals surface area contributed by atoms with Crippen molar-refractivity contribution in [1.29, 1.82) is 0 Å². The summed E-state index contributed by atoms with van der Waals surface area (Å²) < 4.78 is 33.7. The Bertz CT molecular complexity index is 1440. The Morgan fingerprint density at radius 2 is 1.55 bits per heavy atom. The van der Waals surface area contributed by atoms with Crippen molar-refractivity contribution in [3.05, 3.63) is 52.7 Å². The van der Waals surface area contributed by atoms with Crippen LogP contribution in [0, 0.1) is 0 Å². The molecule has 5 rings (SSSR count). The molecule has 2 aliphatic heterocycles. The van der Waals surface area contributed by atoms with Crippen LogP contribution in [0.4, 0.5) is 0 Å². The minimum Gasteiger partial charge on any atom is -0.507 e. The van der Waals surface area contributed by atoms with Crippen molar-refractivity contribution in [2.75, 3.05) is 13.7 Å². The average Bonchev–Trinajstić information content (AvgIpc) is 2.98. The molecular formula is C28H32O14. The van der Waals surface area contributed by atoms with Crippen LogP contribution in [-0.2, 0) is 14.2 Å². The van der Waals surface area contributed by atoms with E-state index in [0.717, 1.165) is 0 Å². The number of aliphatic hydroxyl groups excluding tert-OH is 6. The highest BCUT2D eigenvalue weighted by Crippen LogP contribution is 2.33. The van der Waals surface area contributed by atoms with E-state index in [9.17, 15) is 40.5 Å². The smallest absolute Gasteiger partial charge is 0.229 e. The maximum Gasteiger partial charge on any atom is 0.229 e. The van der Waals surface area contributed by atoms with Crippen molar-refractivity contribution in [1.82, 2.24) is 0 Å². The Labute approximate surface area is 238 Å². The van der Waals surface area contributed by atoms with Gasteiger partial charge in [0.25, 0.3) is 0 Å². The standard InChI is InChI=1S/C28H32O14/c1-11-21(32)23(34)25(36)27(38-11)42-26-24(35)22(33)19(10-29)41-28(26)39-13-5-3-12(4-6-13)17-9-16(31)20-15(30)7-14(37-2)8-18(20)40-17/h3-9,11,19,21-30,32-36H,10H2,1-2H3/t11-,19+,21-,22+,23+,24-,25+,26+,27-,28+/m1/s1. The summed E-state index contributed by atoms with van der Waals surface area (Å²) in [7, 11) is 1.41. The van der Waals surface area contributed by atoms with E-state index in [1.807, 2.05) is 0 Å². The van der Waals surface area contributed by atoms with Crippen molar-refractivity contribution in [3.63, 3.8) is 0 Å². The van der Waals surface area contributed by atoms with Crippen molar-refractivity contribution in [2.24, 2.45) is 0 Å². The quantitative estimate of drug-likeness (QED) is 0.179. The van der Waals surface area contributed by atoms with Crippen molar-refractivity contribution >= 4 is 11.0 Å². The van der Waals surface area contributed by atoms with E-state index in [0.29, 0.717) is 11.3 Å². The number of aromatic hydroxyl groups is 1. The third kappa shape index (κ3) is 5.68. The fourth-order valence-corrected chi connectivity index (χ4v) is 4.91. The molecule has 10 atom stereocenters. The summed E-state index contributed by atoms with van der Waals surface area (Å²) >= 11 is 0. The zero-order valence-corrected chi connectivity index (χ0v) is 22.5.